The van der Waals surface area contributed by atoms with Crippen LogP contribution in [-0.2, 0) is 9.59 Å². The summed E-state index contributed by atoms with van der Waals surface area (Å²) in [7, 11) is 0. The van der Waals surface area contributed by atoms with Crippen LogP contribution >= 0.6 is 23.2 Å². The van der Waals surface area contributed by atoms with Crippen LogP contribution < -0.4 is 10.4 Å². The molecule has 1 saturated carbocycles. The predicted octanol–water partition coefficient (Wildman–Crippen LogP) is 2.49. The molecule has 1 N–H and O–H groups in total. The number of rotatable bonds is 3. The number of hydrogen-bond acceptors (Lipinski definition) is 3. The number of halogens is 2. The Balaban J connectivity index is 2.14. The second-order valence-electron chi connectivity index (χ2n) is 4.93. The summed E-state index contributed by atoms with van der Waals surface area (Å²) >= 11 is 11.8. The van der Waals surface area contributed by atoms with Crippen molar-refractivity contribution in [3.8, 4) is 0 Å². The zero-order chi connectivity index (χ0) is 14.7. The van der Waals surface area contributed by atoms with Crippen molar-refractivity contribution in [3.63, 3.8) is 0 Å². The maximum atomic E-state index is 12.2. The van der Waals surface area contributed by atoms with Crippen molar-refractivity contribution in [2.75, 3.05) is 5.32 Å². The third-order valence-corrected chi connectivity index (χ3v) is 4.16. The number of aliphatic carboxylic acids is 1. The normalized spacial score (nSPS) is 22.3. The molecule has 0 spiro atoms. The number of carboxylic acid groups (broad SMARTS) is 1. The summed E-state index contributed by atoms with van der Waals surface area (Å²) in [5.74, 6) is -2.82. The molecule has 4 nitrogen and oxygen atoms in total. The Morgan fingerprint density at radius 2 is 1.80 bits per heavy atom. The van der Waals surface area contributed by atoms with Crippen LogP contribution in [0, 0.1) is 11.8 Å². The Kier molecular flexibility index (Phi) is 4.89. The molecule has 0 radical (unpaired) electrons. The van der Waals surface area contributed by atoms with Gasteiger partial charge in [0.1, 0.15) is 0 Å². The van der Waals surface area contributed by atoms with Crippen molar-refractivity contribution in [1.82, 2.24) is 0 Å². The Morgan fingerprint density at radius 3 is 2.45 bits per heavy atom. The van der Waals surface area contributed by atoms with Crippen molar-refractivity contribution < 1.29 is 14.7 Å². The molecule has 0 heterocycles. The Morgan fingerprint density at radius 1 is 1.15 bits per heavy atom. The highest BCUT2D eigenvalue weighted by Crippen LogP contribution is 2.32. The zero-order valence-corrected chi connectivity index (χ0v) is 12.2. The first-order valence-electron chi connectivity index (χ1n) is 6.46. The first-order valence-corrected chi connectivity index (χ1v) is 7.21. The Hall–Kier alpha value is -1.26. The maximum Gasteiger partial charge on any atom is 0.228 e. The fraction of sp³-hybridized carbons (Fsp3) is 0.429. The minimum atomic E-state index is -1.16. The SMILES string of the molecule is O=C([O-])[C@H]1CCCC[C@H]1C(=O)Nc1cc(Cl)ccc1Cl. The second-order valence-corrected chi connectivity index (χ2v) is 5.77. The van der Waals surface area contributed by atoms with Gasteiger partial charge in [-0.2, -0.15) is 0 Å². The average Bonchev–Trinajstić information content (AvgIpc) is 2.42. The van der Waals surface area contributed by atoms with Gasteiger partial charge in [-0.1, -0.05) is 36.0 Å². The maximum absolute atomic E-state index is 12.2. The number of amides is 1. The molecule has 6 heteroatoms. The van der Waals surface area contributed by atoms with E-state index in [0.717, 1.165) is 12.8 Å². The fourth-order valence-corrected chi connectivity index (χ4v) is 2.88. The molecule has 1 aromatic carbocycles. The van der Waals surface area contributed by atoms with Crippen LogP contribution in [0.1, 0.15) is 25.7 Å². The predicted molar refractivity (Wildman–Crippen MR) is 75.5 cm³/mol. The van der Waals surface area contributed by atoms with E-state index in [-0.39, 0.29) is 5.91 Å². The quantitative estimate of drug-likeness (QED) is 0.931. The fourth-order valence-electron chi connectivity index (χ4n) is 2.55. The number of carboxylic acids is 1. The van der Waals surface area contributed by atoms with Gasteiger partial charge in [-0.3, -0.25) is 4.79 Å². The first-order chi connectivity index (χ1) is 9.49. The third kappa shape index (κ3) is 3.44. The molecule has 108 valence electrons. The highest BCUT2D eigenvalue weighted by Gasteiger charge is 2.32. The van der Waals surface area contributed by atoms with E-state index in [1.165, 1.54) is 0 Å². The number of carbonyl (C=O) groups is 2. The van der Waals surface area contributed by atoms with E-state index in [9.17, 15) is 14.7 Å². The van der Waals surface area contributed by atoms with Gasteiger partial charge >= 0.3 is 0 Å². The molecule has 2 atom stereocenters. The van der Waals surface area contributed by atoms with Crippen LogP contribution in [0.4, 0.5) is 5.69 Å². The van der Waals surface area contributed by atoms with Crippen molar-refractivity contribution in [3.05, 3.63) is 28.2 Å². The first kappa shape index (κ1) is 15.1. The lowest BCUT2D eigenvalue weighted by Gasteiger charge is -2.31. The molecule has 0 aliphatic heterocycles. The highest BCUT2D eigenvalue weighted by molar-refractivity contribution is 6.35. The minimum Gasteiger partial charge on any atom is -0.550 e. The van der Waals surface area contributed by atoms with Gasteiger partial charge in [0.25, 0.3) is 0 Å². The summed E-state index contributed by atoms with van der Waals surface area (Å²) in [4.78, 5) is 23.3. The largest absolute Gasteiger partial charge is 0.550 e. The summed E-state index contributed by atoms with van der Waals surface area (Å²) in [6, 6.07) is 4.74. The summed E-state index contributed by atoms with van der Waals surface area (Å²) in [6.45, 7) is 0. The molecular formula is C14H14Cl2NO3-. The van der Waals surface area contributed by atoms with E-state index in [1.807, 2.05) is 0 Å². The van der Waals surface area contributed by atoms with E-state index in [0.29, 0.717) is 28.6 Å². The molecule has 2 rings (SSSR count). The van der Waals surface area contributed by atoms with Gasteiger partial charge in [-0.15, -0.1) is 0 Å². The molecule has 0 aromatic heterocycles. The monoisotopic (exact) mass is 314 g/mol. The van der Waals surface area contributed by atoms with Crippen molar-refractivity contribution in [2.45, 2.75) is 25.7 Å². The van der Waals surface area contributed by atoms with Gasteiger partial charge < -0.3 is 15.2 Å². The number of nitrogens with one attached hydrogen (secondary N) is 1. The minimum absolute atomic E-state index is 0.344. The van der Waals surface area contributed by atoms with Crippen LogP contribution in [0.3, 0.4) is 0 Å². The number of benzene rings is 1. The number of carbonyl (C=O) groups excluding carboxylic acids is 2. The smallest absolute Gasteiger partial charge is 0.228 e. The van der Waals surface area contributed by atoms with Gasteiger partial charge in [-0.05, 0) is 31.0 Å². The van der Waals surface area contributed by atoms with Gasteiger partial charge in [0.15, 0.2) is 0 Å². The van der Waals surface area contributed by atoms with Gasteiger partial charge in [0.05, 0.1) is 10.7 Å². The van der Waals surface area contributed by atoms with Crippen molar-refractivity contribution in [1.29, 1.82) is 0 Å². The van der Waals surface area contributed by atoms with Crippen LogP contribution in [0.15, 0.2) is 18.2 Å². The van der Waals surface area contributed by atoms with Crippen molar-refractivity contribution in [2.24, 2.45) is 11.8 Å². The third-order valence-electron chi connectivity index (χ3n) is 3.59. The molecule has 1 fully saturated rings. The topological polar surface area (TPSA) is 69.2 Å². The van der Waals surface area contributed by atoms with Gasteiger partial charge in [0, 0.05) is 22.8 Å². The average molecular weight is 315 g/mol. The van der Waals surface area contributed by atoms with E-state index in [2.05, 4.69) is 5.32 Å². The van der Waals surface area contributed by atoms with Crippen LogP contribution in [0.5, 0.6) is 0 Å². The van der Waals surface area contributed by atoms with Crippen LogP contribution in [0.25, 0.3) is 0 Å². The molecular weight excluding hydrogens is 301 g/mol. The summed E-state index contributed by atoms with van der Waals surface area (Å²) in [6.07, 6.45) is 2.66. The molecule has 1 aromatic rings. The number of hydrogen-bond donors (Lipinski definition) is 1. The van der Waals surface area contributed by atoms with Gasteiger partial charge in [0.2, 0.25) is 5.91 Å². The second kappa shape index (κ2) is 6.46. The molecule has 20 heavy (non-hydrogen) atoms. The molecule has 0 saturated heterocycles. The Labute approximate surface area is 127 Å². The summed E-state index contributed by atoms with van der Waals surface area (Å²) in [5.41, 5.74) is 0.395. The number of anilines is 1. The lowest BCUT2D eigenvalue weighted by Crippen LogP contribution is -2.42. The summed E-state index contributed by atoms with van der Waals surface area (Å²) < 4.78 is 0. The van der Waals surface area contributed by atoms with E-state index >= 15 is 0 Å². The molecule has 1 aliphatic carbocycles. The molecule has 0 bridgehead atoms. The highest BCUT2D eigenvalue weighted by atomic mass is 35.5. The van der Waals surface area contributed by atoms with E-state index in [1.54, 1.807) is 18.2 Å². The Bertz CT molecular complexity index is 533. The lowest BCUT2D eigenvalue weighted by molar-refractivity contribution is -0.313. The molecule has 1 amide bonds. The van der Waals surface area contributed by atoms with Crippen molar-refractivity contribution >= 4 is 40.8 Å². The molecule has 0 unspecified atom stereocenters. The van der Waals surface area contributed by atoms with Crippen LogP contribution in [-0.4, -0.2) is 11.9 Å². The van der Waals surface area contributed by atoms with Gasteiger partial charge in [-0.25, -0.2) is 0 Å². The zero-order valence-electron chi connectivity index (χ0n) is 10.7. The standard InChI is InChI=1S/C14H15Cl2NO3/c15-8-5-6-11(16)12(7-8)17-13(18)9-3-1-2-4-10(9)14(19)20/h5-7,9-10H,1-4H2,(H,17,18)(H,19,20)/p-1/t9-,10+/m1/s1. The van der Waals surface area contributed by atoms with E-state index < -0.39 is 17.8 Å². The van der Waals surface area contributed by atoms with E-state index in [4.69, 9.17) is 23.2 Å². The molecule has 1 aliphatic rings. The lowest BCUT2D eigenvalue weighted by atomic mass is 9.78. The van der Waals surface area contributed by atoms with Crippen LogP contribution in [0.2, 0.25) is 10.0 Å². The summed E-state index contributed by atoms with van der Waals surface area (Å²) in [5, 5.41) is 14.6.